The van der Waals surface area contributed by atoms with Crippen LogP contribution >= 0.6 is 11.3 Å². The number of amidine groups is 1. The lowest BCUT2D eigenvalue weighted by Gasteiger charge is -2.15. The Labute approximate surface area is 205 Å². The van der Waals surface area contributed by atoms with Crippen molar-refractivity contribution in [3.63, 3.8) is 0 Å². The molecular formula is C24H24N8O2S. The predicted molar refractivity (Wildman–Crippen MR) is 135 cm³/mol. The summed E-state index contributed by atoms with van der Waals surface area (Å²) in [4.78, 5) is 34.5. The monoisotopic (exact) mass is 488 g/mol. The molecular weight excluding hydrogens is 464 g/mol. The van der Waals surface area contributed by atoms with Gasteiger partial charge in [-0.3, -0.25) is 9.59 Å². The molecule has 0 aliphatic rings. The van der Waals surface area contributed by atoms with Gasteiger partial charge in [-0.25, -0.2) is 15.8 Å². The third-order valence-corrected chi connectivity index (χ3v) is 6.45. The minimum Gasteiger partial charge on any atom is -0.346 e. The van der Waals surface area contributed by atoms with Crippen molar-refractivity contribution in [2.45, 2.75) is 19.5 Å². The SMILES string of the molecule is C[C@H](NC(=O)c1cc(C(=O)NCc2cc3ccccc3s2)ncn1)c1ccc(/C(=N/N)NN)cc1. The van der Waals surface area contributed by atoms with E-state index in [0.29, 0.717) is 17.9 Å². The predicted octanol–water partition coefficient (Wildman–Crippen LogP) is 2.20. The number of rotatable bonds is 7. The summed E-state index contributed by atoms with van der Waals surface area (Å²) in [6, 6.07) is 18.4. The van der Waals surface area contributed by atoms with Gasteiger partial charge < -0.3 is 21.9 Å². The van der Waals surface area contributed by atoms with Crippen molar-refractivity contribution in [2.24, 2.45) is 16.8 Å². The second-order valence-corrected chi connectivity index (χ2v) is 8.83. The lowest BCUT2D eigenvalue weighted by Crippen LogP contribution is -2.32. The number of nitrogens with two attached hydrogens (primary N) is 2. The molecule has 0 spiro atoms. The van der Waals surface area contributed by atoms with E-state index in [4.69, 9.17) is 11.7 Å². The van der Waals surface area contributed by atoms with Crippen LogP contribution in [0.5, 0.6) is 0 Å². The van der Waals surface area contributed by atoms with Gasteiger partial charge in [-0.15, -0.1) is 11.3 Å². The Morgan fingerprint density at radius 3 is 2.43 bits per heavy atom. The number of carbonyl (C=O) groups is 2. The van der Waals surface area contributed by atoms with Crippen LogP contribution in [0, 0.1) is 0 Å². The van der Waals surface area contributed by atoms with Gasteiger partial charge in [-0.05, 0) is 30.0 Å². The Morgan fingerprint density at radius 1 is 1.03 bits per heavy atom. The highest BCUT2D eigenvalue weighted by Crippen LogP contribution is 2.25. The fourth-order valence-corrected chi connectivity index (χ4v) is 4.47. The van der Waals surface area contributed by atoms with Gasteiger partial charge in [0.1, 0.15) is 17.7 Å². The molecule has 10 nitrogen and oxygen atoms in total. The maximum absolute atomic E-state index is 12.8. The van der Waals surface area contributed by atoms with Crippen molar-refractivity contribution in [2.75, 3.05) is 0 Å². The van der Waals surface area contributed by atoms with E-state index in [2.05, 4.69) is 31.1 Å². The Balaban J connectivity index is 1.38. The molecule has 2 heterocycles. The molecule has 4 rings (SSSR count). The summed E-state index contributed by atoms with van der Waals surface area (Å²) in [6.45, 7) is 2.21. The normalized spacial score (nSPS) is 12.2. The van der Waals surface area contributed by atoms with E-state index in [-0.39, 0.29) is 23.3 Å². The van der Waals surface area contributed by atoms with E-state index in [9.17, 15) is 9.59 Å². The number of fused-ring (bicyclic) bond motifs is 1. The van der Waals surface area contributed by atoms with Crippen LogP contribution in [0.15, 0.2) is 72.1 Å². The van der Waals surface area contributed by atoms with E-state index >= 15 is 0 Å². The van der Waals surface area contributed by atoms with E-state index < -0.39 is 5.91 Å². The molecule has 0 aliphatic carbocycles. The van der Waals surface area contributed by atoms with Crippen LogP contribution < -0.4 is 27.7 Å². The number of aromatic nitrogens is 2. The summed E-state index contributed by atoms with van der Waals surface area (Å²) in [5, 5.41) is 10.4. The Hall–Kier alpha value is -4.35. The summed E-state index contributed by atoms with van der Waals surface area (Å²) in [5.74, 6) is 10.2. The molecule has 2 amide bonds. The summed E-state index contributed by atoms with van der Waals surface area (Å²) >= 11 is 1.62. The van der Waals surface area contributed by atoms with Crippen LogP contribution in [0.2, 0.25) is 0 Å². The molecule has 7 N–H and O–H groups in total. The highest BCUT2D eigenvalue weighted by atomic mass is 32.1. The van der Waals surface area contributed by atoms with Gasteiger partial charge >= 0.3 is 0 Å². The largest absolute Gasteiger partial charge is 0.346 e. The minimum atomic E-state index is -0.421. The van der Waals surface area contributed by atoms with Crippen LogP contribution in [0.25, 0.3) is 10.1 Å². The van der Waals surface area contributed by atoms with Crippen molar-refractivity contribution in [1.29, 1.82) is 0 Å². The summed E-state index contributed by atoms with van der Waals surface area (Å²) in [7, 11) is 0. The smallest absolute Gasteiger partial charge is 0.270 e. The van der Waals surface area contributed by atoms with Crippen LogP contribution in [0.4, 0.5) is 0 Å². The van der Waals surface area contributed by atoms with Crippen LogP contribution in [0.1, 0.15) is 49.9 Å². The minimum absolute atomic E-state index is 0.0976. The van der Waals surface area contributed by atoms with Gasteiger partial charge in [-0.1, -0.05) is 42.5 Å². The molecule has 0 aliphatic heterocycles. The zero-order chi connectivity index (χ0) is 24.8. The number of carbonyl (C=O) groups excluding carboxylic acids is 2. The molecule has 11 heteroatoms. The Bertz CT molecular complexity index is 1350. The number of hydrazone groups is 1. The number of hydrogen-bond acceptors (Lipinski definition) is 8. The molecule has 178 valence electrons. The number of thiophene rings is 1. The number of hydrazine groups is 1. The van der Waals surface area contributed by atoms with Crippen molar-refractivity contribution in [3.8, 4) is 0 Å². The summed E-state index contributed by atoms with van der Waals surface area (Å²) in [6.07, 6.45) is 1.20. The lowest BCUT2D eigenvalue weighted by atomic mass is 10.1. The molecule has 4 aromatic rings. The molecule has 0 saturated heterocycles. The highest BCUT2D eigenvalue weighted by molar-refractivity contribution is 7.19. The molecule has 35 heavy (non-hydrogen) atoms. The van der Waals surface area contributed by atoms with Crippen molar-refractivity contribution in [1.82, 2.24) is 26.0 Å². The fourth-order valence-electron chi connectivity index (χ4n) is 3.47. The molecule has 0 radical (unpaired) electrons. The summed E-state index contributed by atoms with van der Waals surface area (Å²) in [5.41, 5.74) is 4.19. The average molecular weight is 489 g/mol. The first-order valence-corrected chi connectivity index (χ1v) is 11.5. The number of nitrogens with zero attached hydrogens (tertiary/aromatic N) is 3. The molecule has 2 aromatic carbocycles. The second-order valence-electron chi connectivity index (χ2n) is 7.66. The van der Waals surface area contributed by atoms with Crippen molar-refractivity contribution >= 4 is 39.1 Å². The van der Waals surface area contributed by atoms with E-state index in [1.165, 1.54) is 12.4 Å². The maximum atomic E-state index is 12.8. The van der Waals surface area contributed by atoms with Gasteiger partial charge in [0.2, 0.25) is 0 Å². The maximum Gasteiger partial charge on any atom is 0.270 e. The number of hydrogen-bond donors (Lipinski definition) is 5. The van der Waals surface area contributed by atoms with E-state index in [0.717, 1.165) is 20.5 Å². The molecule has 0 bridgehead atoms. The van der Waals surface area contributed by atoms with Gasteiger partial charge in [-0.2, -0.15) is 5.10 Å². The zero-order valence-corrected chi connectivity index (χ0v) is 19.7. The van der Waals surface area contributed by atoms with E-state index in [1.807, 2.05) is 49.4 Å². The van der Waals surface area contributed by atoms with Gasteiger partial charge in [0, 0.05) is 21.2 Å². The number of nitrogens with one attached hydrogen (secondary N) is 3. The first kappa shape index (κ1) is 23.8. The second kappa shape index (κ2) is 10.7. The number of amides is 2. The third-order valence-electron chi connectivity index (χ3n) is 5.33. The van der Waals surface area contributed by atoms with Crippen LogP contribution in [-0.4, -0.2) is 27.6 Å². The first-order chi connectivity index (χ1) is 17.0. The first-order valence-electron chi connectivity index (χ1n) is 10.7. The van der Waals surface area contributed by atoms with Crippen molar-refractivity contribution < 1.29 is 9.59 Å². The quantitative estimate of drug-likeness (QED) is 0.115. The van der Waals surface area contributed by atoms with Gasteiger partial charge in [0.25, 0.3) is 11.8 Å². The Morgan fingerprint density at radius 2 is 1.74 bits per heavy atom. The average Bonchev–Trinajstić information content (AvgIpc) is 3.31. The van der Waals surface area contributed by atoms with Gasteiger partial charge in [0.15, 0.2) is 5.84 Å². The topological polar surface area (TPSA) is 160 Å². The molecule has 2 aromatic heterocycles. The zero-order valence-electron chi connectivity index (χ0n) is 18.9. The molecule has 0 fully saturated rings. The van der Waals surface area contributed by atoms with E-state index in [1.54, 1.807) is 23.5 Å². The fraction of sp³-hybridized carbons (Fsp3) is 0.125. The van der Waals surface area contributed by atoms with Crippen molar-refractivity contribution in [3.05, 3.63) is 94.4 Å². The Kier molecular flexibility index (Phi) is 7.29. The standard InChI is InChI=1S/C24H24N8O2S/c1-14(15-6-8-16(9-7-15)22(31-25)32-26)30-24(34)20-11-19(28-13-29-20)23(33)27-12-18-10-17-4-2-3-5-21(17)35-18/h2-11,13-14H,12,25-26H2,1H3,(H,27,33)(H,30,34)(H,31,32)/t14-/m0/s1. The number of benzene rings is 2. The molecule has 1 atom stereocenters. The van der Waals surface area contributed by atoms with Crippen LogP contribution in [-0.2, 0) is 6.54 Å². The molecule has 0 unspecified atom stereocenters. The summed E-state index contributed by atoms with van der Waals surface area (Å²) < 4.78 is 1.16. The molecule has 0 saturated carbocycles. The van der Waals surface area contributed by atoms with Gasteiger partial charge in [0.05, 0.1) is 12.6 Å². The van der Waals surface area contributed by atoms with Crippen LogP contribution in [0.3, 0.4) is 0 Å². The lowest BCUT2D eigenvalue weighted by molar-refractivity contribution is 0.0934. The highest BCUT2D eigenvalue weighted by Gasteiger charge is 2.16. The third kappa shape index (κ3) is 5.60.